The van der Waals surface area contributed by atoms with Crippen molar-refractivity contribution in [1.29, 1.82) is 0 Å². The molecule has 0 bridgehead atoms. The number of nitrogens with zero attached hydrogens (tertiary/aromatic N) is 4. The van der Waals surface area contributed by atoms with Crippen molar-refractivity contribution in [1.82, 2.24) is 19.5 Å². The Kier molecular flexibility index (Phi) is 3.07. The van der Waals surface area contributed by atoms with Crippen LogP contribution in [-0.4, -0.2) is 48.6 Å². The summed E-state index contributed by atoms with van der Waals surface area (Å²) >= 11 is 5.10. The first-order chi connectivity index (χ1) is 10.9. The van der Waals surface area contributed by atoms with Crippen molar-refractivity contribution in [3.05, 3.63) is 12.7 Å². The lowest BCUT2D eigenvalue weighted by Crippen LogP contribution is -2.38. The molecule has 0 aromatic carbocycles. The van der Waals surface area contributed by atoms with E-state index in [2.05, 4.69) is 15.0 Å². The van der Waals surface area contributed by atoms with Gasteiger partial charge in [-0.15, -0.1) is 0 Å². The smallest absolute Gasteiger partial charge is 0.167 e. The van der Waals surface area contributed by atoms with Crippen LogP contribution in [0.15, 0.2) is 12.7 Å². The summed E-state index contributed by atoms with van der Waals surface area (Å²) in [4.78, 5) is 12.6. The van der Waals surface area contributed by atoms with Gasteiger partial charge in [0, 0.05) is 0 Å². The Morgan fingerprint density at radius 2 is 2.00 bits per heavy atom. The van der Waals surface area contributed by atoms with Gasteiger partial charge in [0.15, 0.2) is 23.5 Å². The van der Waals surface area contributed by atoms with Crippen molar-refractivity contribution in [3.8, 4) is 0 Å². The second-order valence-electron chi connectivity index (χ2n) is 6.00. The SMILES string of the molecule is CC1(C)O[C@@H]2[C@H](O1)[C@@H](C(N)=S)O[C@H]2n1cnc2c(N)ncnc21. The van der Waals surface area contributed by atoms with E-state index in [1.165, 1.54) is 6.33 Å². The summed E-state index contributed by atoms with van der Waals surface area (Å²) in [7, 11) is 0. The van der Waals surface area contributed by atoms with Gasteiger partial charge >= 0.3 is 0 Å². The molecule has 2 aliphatic rings. The fraction of sp³-hybridized carbons (Fsp3) is 0.538. The largest absolute Gasteiger partial charge is 0.391 e. The number of hydrogen-bond acceptors (Lipinski definition) is 8. The van der Waals surface area contributed by atoms with Gasteiger partial charge in [-0.05, 0) is 13.8 Å². The van der Waals surface area contributed by atoms with Gasteiger partial charge in [0.2, 0.25) is 0 Å². The maximum absolute atomic E-state index is 5.98. The highest BCUT2D eigenvalue weighted by Gasteiger charge is 2.57. The van der Waals surface area contributed by atoms with Crippen LogP contribution in [0.4, 0.5) is 5.82 Å². The van der Waals surface area contributed by atoms with Crippen LogP contribution in [0.5, 0.6) is 0 Å². The van der Waals surface area contributed by atoms with Gasteiger partial charge in [-0.2, -0.15) is 0 Å². The van der Waals surface area contributed by atoms with E-state index in [4.69, 9.17) is 37.9 Å². The van der Waals surface area contributed by atoms with Crippen LogP contribution in [0, 0.1) is 0 Å². The number of nitrogen functional groups attached to an aromatic ring is 1. The first-order valence-corrected chi connectivity index (χ1v) is 7.51. The minimum atomic E-state index is -0.745. The van der Waals surface area contributed by atoms with Crippen LogP contribution in [0.25, 0.3) is 11.2 Å². The van der Waals surface area contributed by atoms with E-state index in [-0.39, 0.29) is 17.2 Å². The van der Waals surface area contributed by atoms with Crippen LogP contribution in [0.3, 0.4) is 0 Å². The molecular formula is C13H16N6O3S. The van der Waals surface area contributed by atoms with Crippen molar-refractivity contribution in [3.63, 3.8) is 0 Å². The van der Waals surface area contributed by atoms with Crippen molar-refractivity contribution >= 4 is 34.2 Å². The molecule has 10 heteroatoms. The lowest BCUT2D eigenvalue weighted by molar-refractivity contribution is -0.189. The van der Waals surface area contributed by atoms with Crippen LogP contribution < -0.4 is 11.5 Å². The molecule has 4 atom stereocenters. The molecule has 4 rings (SSSR count). The average Bonchev–Trinajstić information content (AvgIpc) is 3.09. The minimum absolute atomic E-state index is 0.224. The van der Waals surface area contributed by atoms with Gasteiger partial charge in [0.05, 0.1) is 6.33 Å². The number of rotatable bonds is 2. The van der Waals surface area contributed by atoms with Gasteiger partial charge < -0.3 is 25.7 Å². The molecule has 122 valence electrons. The number of nitrogens with two attached hydrogens (primary N) is 2. The van der Waals surface area contributed by atoms with Gasteiger partial charge in [-0.25, -0.2) is 15.0 Å². The summed E-state index contributed by atoms with van der Waals surface area (Å²) in [6.45, 7) is 3.68. The minimum Gasteiger partial charge on any atom is -0.391 e. The second kappa shape index (κ2) is 4.81. The van der Waals surface area contributed by atoms with E-state index in [1.807, 2.05) is 13.8 Å². The van der Waals surface area contributed by atoms with Gasteiger partial charge in [-0.3, -0.25) is 4.57 Å². The summed E-state index contributed by atoms with van der Waals surface area (Å²) < 4.78 is 19.6. The molecule has 23 heavy (non-hydrogen) atoms. The molecule has 2 aromatic rings. The maximum Gasteiger partial charge on any atom is 0.167 e. The summed E-state index contributed by atoms with van der Waals surface area (Å²) in [5.41, 5.74) is 12.7. The standard InChI is InChI=1S/C13H16N6O3S/c1-13(2)21-6-7(10(15)23)20-12(8(6)22-13)19-4-18-5-9(14)16-3-17-11(5)19/h3-4,6-8,12H,1-2H3,(H2,15,23)(H2,14,16,17)/t6-,7+,8-,12-/m1/s1. The Balaban J connectivity index is 1.78. The highest BCUT2D eigenvalue weighted by molar-refractivity contribution is 7.80. The first kappa shape index (κ1) is 14.7. The van der Waals surface area contributed by atoms with Crippen molar-refractivity contribution in [2.24, 2.45) is 5.73 Å². The number of hydrogen-bond donors (Lipinski definition) is 2. The molecule has 0 amide bonds. The Morgan fingerprint density at radius 3 is 2.74 bits per heavy atom. The van der Waals surface area contributed by atoms with E-state index in [9.17, 15) is 0 Å². The lowest BCUT2D eigenvalue weighted by atomic mass is 10.1. The zero-order valence-electron chi connectivity index (χ0n) is 12.5. The van der Waals surface area contributed by atoms with Gasteiger partial charge in [-0.1, -0.05) is 12.2 Å². The zero-order valence-corrected chi connectivity index (χ0v) is 13.4. The zero-order chi connectivity index (χ0) is 16.4. The monoisotopic (exact) mass is 336 g/mol. The lowest BCUT2D eigenvalue weighted by Gasteiger charge is -2.24. The van der Waals surface area contributed by atoms with Gasteiger partial charge in [0.25, 0.3) is 0 Å². The van der Waals surface area contributed by atoms with Crippen molar-refractivity contribution in [2.75, 3.05) is 5.73 Å². The predicted molar refractivity (Wildman–Crippen MR) is 84.3 cm³/mol. The molecule has 0 aliphatic carbocycles. The number of ether oxygens (including phenoxy) is 3. The predicted octanol–water partition coefficient (Wildman–Crippen LogP) is 0.112. The molecule has 0 saturated carbocycles. The topological polar surface area (TPSA) is 123 Å². The number of aromatic nitrogens is 4. The maximum atomic E-state index is 5.98. The molecule has 0 spiro atoms. The molecule has 9 nitrogen and oxygen atoms in total. The second-order valence-corrected chi connectivity index (χ2v) is 6.47. The molecule has 4 heterocycles. The number of thiocarbonyl (C=S) groups is 1. The highest BCUT2D eigenvalue weighted by atomic mass is 32.1. The number of anilines is 1. The summed E-state index contributed by atoms with van der Waals surface area (Å²) in [6, 6.07) is 0. The van der Waals surface area contributed by atoms with Crippen LogP contribution in [0.2, 0.25) is 0 Å². The fourth-order valence-electron chi connectivity index (χ4n) is 3.09. The van der Waals surface area contributed by atoms with E-state index in [1.54, 1.807) is 10.9 Å². The van der Waals surface area contributed by atoms with E-state index in [0.29, 0.717) is 17.0 Å². The third kappa shape index (κ3) is 2.17. The van der Waals surface area contributed by atoms with E-state index < -0.39 is 18.1 Å². The van der Waals surface area contributed by atoms with Crippen molar-refractivity contribution in [2.45, 2.75) is 44.2 Å². The molecule has 2 fully saturated rings. The average molecular weight is 336 g/mol. The third-order valence-electron chi connectivity index (χ3n) is 3.97. The molecule has 0 unspecified atom stereocenters. The molecule has 2 saturated heterocycles. The van der Waals surface area contributed by atoms with Crippen LogP contribution in [0.1, 0.15) is 20.1 Å². The Labute approximate surface area is 136 Å². The van der Waals surface area contributed by atoms with Crippen LogP contribution >= 0.6 is 12.2 Å². The Morgan fingerprint density at radius 1 is 1.26 bits per heavy atom. The molecule has 0 radical (unpaired) electrons. The molecular weight excluding hydrogens is 320 g/mol. The highest BCUT2D eigenvalue weighted by Crippen LogP contribution is 2.43. The van der Waals surface area contributed by atoms with Crippen LogP contribution in [-0.2, 0) is 14.2 Å². The van der Waals surface area contributed by atoms with E-state index in [0.717, 1.165) is 0 Å². The Hall–Kier alpha value is -1.88. The summed E-state index contributed by atoms with van der Waals surface area (Å²) in [5.74, 6) is -0.441. The van der Waals surface area contributed by atoms with E-state index >= 15 is 0 Å². The molecule has 4 N–H and O–H groups in total. The first-order valence-electron chi connectivity index (χ1n) is 7.11. The number of imidazole rings is 1. The third-order valence-corrected chi connectivity index (χ3v) is 4.20. The van der Waals surface area contributed by atoms with Crippen molar-refractivity contribution < 1.29 is 14.2 Å². The summed E-state index contributed by atoms with van der Waals surface area (Å²) in [5, 5.41) is 0. The number of fused-ring (bicyclic) bond motifs is 2. The Bertz CT molecular complexity index is 793. The fourth-order valence-corrected chi connectivity index (χ4v) is 3.28. The molecule has 2 aliphatic heterocycles. The summed E-state index contributed by atoms with van der Waals surface area (Å²) in [6.07, 6.45) is 1.14. The van der Waals surface area contributed by atoms with Gasteiger partial charge in [0.1, 0.15) is 35.1 Å². The quantitative estimate of drug-likeness (QED) is 0.735. The normalized spacial score (nSPS) is 32.3. The molecule has 2 aromatic heterocycles.